The molecule has 3 rings (SSSR count). The lowest BCUT2D eigenvalue weighted by Crippen LogP contribution is -2.25. The van der Waals surface area contributed by atoms with E-state index in [1.807, 2.05) is 0 Å². The molecule has 0 saturated carbocycles. The Morgan fingerprint density at radius 1 is 1.12 bits per heavy atom. The van der Waals surface area contributed by atoms with Crippen molar-refractivity contribution in [1.82, 2.24) is 0 Å². The predicted octanol–water partition coefficient (Wildman–Crippen LogP) is 2.06. The van der Waals surface area contributed by atoms with Crippen molar-refractivity contribution in [3.05, 3.63) is 54.3 Å². The number of carboxylic acids is 1. The van der Waals surface area contributed by atoms with E-state index >= 15 is 0 Å². The maximum Gasteiger partial charge on any atom is 0.308 e. The average Bonchev–Trinajstić information content (AvgIpc) is 2.99. The van der Waals surface area contributed by atoms with Crippen LogP contribution in [-0.4, -0.2) is 31.9 Å². The van der Waals surface area contributed by atoms with E-state index in [1.54, 1.807) is 0 Å². The van der Waals surface area contributed by atoms with Crippen molar-refractivity contribution in [2.75, 3.05) is 16.2 Å². The van der Waals surface area contributed by atoms with Crippen molar-refractivity contribution >= 4 is 33.3 Å². The Hall–Kier alpha value is -2.94. The highest BCUT2D eigenvalue weighted by atomic mass is 32.2. The first-order chi connectivity index (χ1) is 12.3. The van der Waals surface area contributed by atoms with E-state index in [4.69, 9.17) is 5.11 Å². The molecule has 0 unspecified atom stereocenters. The van der Waals surface area contributed by atoms with Gasteiger partial charge in [-0.1, -0.05) is 0 Å². The van der Waals surface area contributed by atoms with E-state index in [2.05, 4.69) is 4.72 Å². The fourth-order valence-corrected chi connectivity index (χ4v) is 3.72. The van der Waals surface area contributed by atoms with Gasteiger partial charge in [0.1, 0.15) is 5.82 Å². The fraction of sp³-hybridized carbons (Fsp3) is 0.176. The molecule has 1 atom stereocenters. The van der Waals surface area contributed by atoms with Gasteiger partial charge in [-0.3, -0.25) is 14.3 Å². The summed E-state index contributed by atoms with van der Waals surface area (Å²) >= 11 is 0. The molecule has 0 radical (unpaired) electrons. The molecule has 7 nitrogen and oxygen atoms in total. The highest BCUT2D eigenvalue weighted by Gasteiger charge is 2.35. The number of sulfonamides is 1. The number of hydrogen-bond donors (Lipinski definition) is 2. The van der Waals surface area contributed by atoms with Gasteiger partial charge in [-0.2, -0.15) is 0 Å². The molecule has 1 amide bonds. The number of carbonyl (C=O) groups is 2. The van der Waals surface area contributed by atoms with Crippen LogP contribution in [-0.2, 0) is 19.6 Å². The summed E-state index contributed by atoms with van der Waals surface area (Å²) in [6.45, 7) is 0.0497. The number of anilines is 2. The molecule has 1 aliphatic rings. The summed E-state index contributed by atoms with van der Waals surface area (Å²) in [5, 5.41) is 9.01. The molecule has 1 fully saturated rings. The summed E-state index contributed by atoms with van der Waals surface area (Å²) < 4.78 is 39.9. The van der Waals surface area contributed by atoms with Crippen LogP contribution >= 0.6 is 0 Å². The summed E-state index contributed by atoms with van der Waals surface area (Å²) in [6.07, 6.45) is -0.0818. The molecule has 26 heavy (non-hydrogen) atoms. The molecule has 0 spiro atoms. The Labute approximate surface area is 149 Å². The first kappa shape index (κ1) is 17.9. The van der Waals surface area contributed by atoms with Crippen molar-refractivity contribution < 1.29 is 27.5 Å². The Morgan fingerprint density at radius 2 is 1.73 bits per heavy atom. The van der Waals surface area contributed by atoms with Gasteiger partial charge in [-0.05, 0) is 48.5 Å². The van der Waals surface area contributed by atoms with Crippen LogP contribution in [0.15, 0.2) is 53.4 Å². The molecule has 2 aromatic carbocycles. The molecule has 0 aliphatic carbocycles. The number of aliphatic carboxylic acids is 1. The summed E-state index contributed by atoms with van der Waals surface area (Å²) in [5.74, 6) is -2.61. The quantitative estimate of drug-likeness (QED) is 0.829. The van der Waals surface area contributed by atoms with Crippen LogP contribution in [0.5, 0.6) is 0 Å². The fourth-order valence-electron chi connectivity index (χ4n) is 2.66. The summed E-state index contributed by atoms with van der Waals surface area (Å²) in [6, 6.07) is 10.4. The van der Waals surface area contributed by atoms with E-state index in [1.165, 1.54) is 41.3 Å². The summed E-state index contributed by atoms with van der Waals surface area (Å²) in [5.41, 5.74) is 0.647. The van der Waals surface area contributed by atoms with Crippen LogP contribution < -0.4 is 9.62 Å². The van der Waals surface area contributed by atoms with Crippen LogP contribution in [0.1, 0.15) is 6.42 Å². The van der Waals surface area contributed by atoms with Crippen molar-refractivity contribution in [3.8, 4) is 0 Å². The molecule has 9 heteroatoms. The molecule has 0 aromatic heterocycles. The van der Waals surface area contributed by atoms with E-state index in [9.17, 15) is 22.4 Å². The van der Waals surface area contributed by atoms with Gasteiger partial charge in [0.2, 0.25) is 5.91 Å². The zero-order valence-corrected chi connectivity index (χ0v) is 14.2. The maximum absolute atomic E-state index is 12.9. The zero-order valence-electron chi connectivity index (χ0n) is 13.4. The Balaban J connectivity index is 1.77. The standard InChI is InChI=1S/C17H15FN2O5S/c18-12-1-3-13(4-2-12)19-26(24,25)15-7-5-14(6-8-15)20-10-11(17(22)23)9-16(20)21/h1-8,11,19H,9-10H2,(H,22,23)/t11-/m0/s1. The lowest BCUT2D eigenvalue weighted by Gasteiger charge is -2.16. The zero-order chi connectivity index (χ0) is 18.9. The number of halogens is 1. The molecule has 2 N–H and O–H groups in total. The second-order valence-corrected chi connectivity index (χ2v) is 7.53. The van der Waals surface area contributed by atoms with Gasteiger partial charge in [-0.25, -0.2) is 12.8 Å². The maximum atomic E-state index is 12.9. The van der Waals surface area contributed by atoms with Crippen LogP contribution in [0, 0.1) is 11.7 Å². The van der Waals surface area contributed by atoms with Crippen molar-refractivity contribution in [1.29, 1.82) is 0 Å². The van der Waals surface area contributed by atoms with Crippen molar-refractivity contribution in [2.24, 2.45) is 5.92 Å². The van der Waals surface area contributed by atoms with Gasteiger partial charge in [0.25, 0.3) is 10.0 Å². The minimum Gasteiger partial charge on any atom is -0.481 e. The van der Waals surface area contributed by atoms with E-state index in [0.29, 0.717) is 5.69 Å². The third kappa shape index (κ3) is 3.67. The number of benzene rings is 2. The molecular weight excluding hydrogens is 363 g/mol. The SMILES string of the molecule is O=C(O)[C@H]1CC(=O)N(c2ccc(S(=O)(=O)Nc3ccc(F)cc3)cc2)C1. The minimum absolute atomic E-state index is 0.0352. The lowest BCUT2D eigenvalue weighted by atomic mass is 10.1. The van der Waals surface area contributed by atoms with E-state index in [0.717, 1.165) is 12.1 Å². The second kappa shape index (κ2) is 6.75. The Bertz CT molecular complexity index is 942. The number of carboxylic acid groups (broad SMARTS) is 1. The normalized spacial score (nSPS) is 17.3. The van der Waals surface area contributed by atoms with Crippen molar-refractivity contribution in [2.45, 2.75) is 11.3 Å². The van der Waals surface area contributed by atoms with Gasteiger partial charge < -0.3 is 10.0 Å². The number of nitrogens with zero attached hydrogens (tertiary/aromatic N) is 1. The minimum atomic E-state index is -3.87. The van der Waals surface area contributed by atoms with Crippen LogP contribution in [0.4, 0.5) is 15.8 Å². The number of hydrogen-bond acceptors (Lipinski definition) is 4. The van der Waals surface area contributed by atoms with Gasteiger partial charge in [0.05, 0.1) is 10.8 Å². The molecule has 1 heterocycles. The third-order valence-corrected chi connectivity index (χ3v) is 5.43. The molecule has 1 aliphatic heterocycles. The first-order valence-corrected chi connectivity index (χ1v) is 9.16. The number of carbonyl (C=O) groups excluding carboxylic acids is 1. The predicted molar refractivity (Wildman–Crippen MR) is 91.7 cm³/mol. The molecule has 0 bridgehead atoms. The molecule has 1 saturated heterocycles. The van der Waals surface area contributed by atoms with Gasteiger partial charge in [0, 0.05) is 24.3 Å². The third-order valence-electron chi connectivity index (χ3n) is 4.03. The second-order valence-electron chi connectivity index (χ2n) is 5.85. The highest BCUT2D eigenvalue weighted by molar-refractivity contribution is 7.92. The Kier molecular flexibility index (Phi) is 4.64. The lowest BCUT2D eigenvalue weighted by molar-refractivity contribution is -0.141. The van der Waals surface area contributed by atoms with Crippen LogP contribution in [0.25, 0.3) is 0 Å². The van der Waals surface area contributed by atoms with Crippen LogP contribution in [0.2, 0.25) is 0 Å². The Morgan fingerprint density at radius 3 is 2.27 bits per heavy atom. The average molecular weight is 378 g/mol. The summed E-state index contributed by atoms with van der Waals surface area (Å²) in [7, 11) is -3.87. The van der Waals surface area contributed by atoms with E-state index < -0.39 is 27.7 Å². The van der Waals surface area contributed by atoms with Gasteiger partial charge in [0.15, 0.2) is 0 Å². The number of nitrogens with one attached hydrogen (secondary N) is 1. The van der Waals surface area contributed by atoms with E-state index in [-0.39, 0.29) is 29.5 Å². The highest BCUT2D eigenvalue weighted by Crippen LogP contribution is 2.27. The van der Waals surface area contributed by atoms with Gasteiger partial charge in [-0.15, -0.1) is 0 Å². The number of amides is 1. The van der Waals surface area contributed by atoms with Crippen LogP contribution in [0.3, 0.4) is 0 Å². The van der Waals surface area contributed by atoms with Gasteiger partial charge >= 0.3 is 5.97 Å². The van der Waals surface area contributed by atoms with Crippen molar-refractivity contribution in [3.63, 3.8) is 0 Å². The molecular formula is C17H15FN2O5S. The molecule has 2 aromatic rings. The summed E-state index contributed by atoms with van der Waals surface area (Å²) in [4.78, 5) is 24.2. The smallest absolute Gasteiger partial charge is 0.308 e. The first-order valence-electron chi connectivity index (χ1n) is 7.68. The molecule has 136 valence electrons. The topological polar surface area (TPSA) is 104 Å². The monoisotopic (exact) mass is 378 g/mol. The number of rotatable bonds is 5. The largest absolute Gasteiger partial charge is 0.481 e.